The number of nitrogens with one attached hydrogen (secondary N) is 1. The quantitative estimate of drug-likeness (QED) is 0.694. The van der Waals surface area contributed by atoms with Crippen LogP contribution >= 0.6 is 0 Å². The Morgan fingerprint density at radius 3 is 2.65 bits per heavy atom. The molecule has 31 heavy (non-hydrogen) atoms. The van der Waals surface area contributed by atoms with Crippen molar-refractivity contribution in [3.63, 3.8) is 0 Å². The standard InChI is InChI=1S/C22H33FN6O2/c1-16(2)15-31-20-6-5-17(21(23)11-20)13-29(14-19-12-24-28(4)26-19)22(30)25-18-7-9-27(3)10-8-18/h5-6,11-12,16,18H,7-10,13-15H2,1-4H3,(H,25,30). The molecule has 2 aromatic rings. The van der Waals surface area contributed by atoms with Gasteiger partial charge in [0, 0.05) is 24.7 Å². The Hall–Kier alpha value is -2.68. The summed E-state index contributed by atoms with van der Waals surface area (Å²) in [6.07, 6.45) is 3.42. The molecule has 1 aliphatic rings. The first-order valence-electron chi connectivity index (χ1n) is 10.8. The fraction of sp³-hybridized carbons (Fsp3) is 0.591. The molecule has 0 spiro atoms. The molecule has 1 aromatic heterocycles. The summed E-state index contributed by atoms with van der Waals surface area (Å²) >= 11 is 0. The van der Waals surface area contributed by atoms with Crippen molar-refractivity contribution >= 4 is 6.03 Å². The second-order valence-corrected chi connectivity index (χ2v) is 8.67. The molecule has 0 atom stereocenters. The summed E-state index contributed by atoms with van der Waals surface area (Å²) in [6, 6.07) is 4.70. The fourth-order valence-electron chi connectivity index (χ4n) is 3.49. The van der Waals surface area contributed by atoms with Gasteiger partial charge in [0.1, 0.15) is 17.3 Å². The van der Waals surface area contributed by atoms with Gasteiger partial charge in [-0.1, -0.05) is 19.9 Å². The molecule has 0 bridgehead atoms. The van der Waals surface area contributed by atoms with Gasteiger partial charge < -0.3 is 19.9 Å². The number of aryl methyl sites for hydroxylation is 1. The van der Waals surface area contributed by atoms with Gasteiger partial charge in [-0.2, -0.15) is 15.0 Å². The van der Waals surface area contributed by atoms with Crippen molar-refractivity contribution in [3.05, 3.63) is 41.5 Å². The van der Waals surface area contributed by atoms with E-state index >= 15 is 0 Å². The number of hydrogen-bond acceptors (Lipinski definition) is 5. The predicted molar refractivity (Wildman–Crippen MR) is 116 cm³/mol. The highest BCUT2D eigenvalue weighted by Crippen LogP contribution is 2.20. The highest BCUT2D eigenvalue weighted by atomic mass is 19.1. The van der Waals surface area contributed by atoms with E-state index in [-0.39, 0.29) is 25.2 Å². The molecule has 1 aliphatic heterocycles. The molecule has 1 aromatic carbocycles. The van der Waals surface area contributed by atoms with Crippen LogP contribution in [0, 0.1) is 11.7 Å². The van der Waals surface area contributed by atoms with Crippen molar-refractivity contribution < 1.29 is 13.9 Å². The van der Waals surface area contributed by atoms with E-state index in [1.165, 1.54) is 10.9 Å². The van der Waals surface area contributed by atoms with E-state index < -0.39 is 5.82 Å². The maximum atomic E-state index is 14.8. The van der Waals surface area contributed by atoms with Gasteiger partial charge in [0.15, 0.2) is 0 Å². The maximum absolute atomic E-state index is 14.8. The van der Waals surface area contributed by atoms with Crippen LogP contribution in [0.15, 0.2) is 24.4 Å². The lowest BCUT2D eigenvalue weighted by Gasteiger charge is -2.31. The zero-order valence-corrected chi connectivity index (χ0v) is 18.8. The monoisotopic (exact) mass is 432 g/mol. The smallest absolute Gasteiger partial charge is 0.318 e. The van der Waals surface area contributed by atoms with Crippen molar-refractivity contribution in [1.82, 2.24) is 30.1 Å². The summed E-state index contributed by atoms with van der Waals surface area (Å²) < 4.78 is 20.4. The molecule has 1 saturated heterocycles. The molecule has 0 aliphatic carbocycles. The van der Waals surface area contributed by atoms with Crippen LogP contribution < -0.4 is 10.1 Å². The van der Waals surface area contributed by atoms with E-state index in [9.17, 15) is 9.18 Å². The van der Waals surface area contributed by atoms with E-state index in [0.29, 0.717) is 29.5 Å². The third-order valence-electron chi connectivity index (χ3n) is 5.30. The Balaban J connectivity index is 1.70. The van der Waals surface area contributed by atoms with Crippen LogP contribution in [0.3, 0.4) is 0 Å². The van der Waals surface area contributed by atoms with E-state index in [0.717, 1.165) is 25.9 Å². The van der Waals surface area contributed by atoms with Gasteiger partial charge in [0.2, 0.25) is 0 Å². The number of carbonyl (C=O) groups is 1. The SMILES string of the molecule is CC(C)COc1ccc(CN(Cc2cnn(C)n2)C(=O)NC2CCN(C)CC2)c(F)c1. The van der Waals surface area contributed by atoms with E-state index in [1.807, 2.05) is 13.8 Å². The van der Waals surface area contributed by atoms with Gasteiger partial charge in [-0.25, -0.2) is 9.18 Å². The van der Waals surface area contributed by atoms with Crippen molar-refractivity contribution in [3.8, 4) is 5.75 Å². The first-order valence-corrected chi connectivity index (χ1v) is 10.8. The fourth-order valence-corrected chi connectivity index (χ4v) is 3.49. The Labute approximate surface area is 183 Å². The van der Waals surface area contributed by atoms with Crippen LogP contribution in [0.2, 0.25) is 0 Å². The van der Waals surface area contributed by atoms with E-state index in [4.69, 9.17) is 4.74 Å². The Kier molecular flexibility index (Phi) is 7.84. The van der Waals surface area contributed by atoms with Gasteiger partial charge in [0.05, 0.1) is 25.9 Å². The Morgan fingerprint density at radius 2 is 2.03 bits per heavy atom. The molecular formula is C22H33FN6O2. The van der Waals surface area contributed by atoms with Crippen LogP contribution in [0.5, 0.6) is 5.75 Å². The summed E-state index contributed by atoms with van der Waals surface area (Å²) in [6.45, 7) is 6.87. The minimum Gasteiger partial charge on any atom is -0.493 e. The number of nitrogens with zero attached hydrogens (tertiary/aromatic N) is 5. The molecule has 0 unspecified atom stereocenters. The molecule has 2 heterocycles. The van der Waals surface area contributed by atoms with Crippen LogP contribution in [0.1, 0.15) is 37.9 Å². The van der Waals surface area contributed by atoms with Gasteiger partial charge in [0.25, 0.3) is 0 Å². The van der Waals surface area contributed by atoms with Crippen molar-refractivity contribution in [1.29, 1.82) is 0 Å². The number of aromatic nitrogens is 3. The summed E-state index contributed by atoms with van der Waals surface area (Å²) in [5, 5.41) is 11.5. The molecule has 8 nitrogen and oxygen atoms in total. The van der Waals surface area contributed by atoms with Gasteiger partial charge in [-0.15, -0.1) is 0 Å². The van der Waals surface area contributed by atoms with Crippen molar-refractivity contribution in [2.24, 2.45) is 13.0 Å². The van der Waals surface area contributed by atoms with E-state index in [2.05, 4.69) is 27.5 Å². The molecular weight excluding hydrogens is 399 g/mol. The molecule has 0 saturated carbocycles. The highest BCUT2D eigenvalue weighted by molar-refractivity contribution is 5.74. The number of urea groups is 1. The summed E-state index contributed by atoms with van der Waals surface area (Å²) in [5.74, 6) is 0.456. The second kappa shape index (κ2) is 10.6. The number of halogens is 1. The normalized spacial score (nSPS) is 15.3. The number of piperidine rings is 1. The van der Waals surface area contributed by atoms with Gasteiger partial charge >= 0.3 is 6.03 Å². The number of rotatable bonds is 8. The van der Waals surface area contributed by atoms with Crippen molar-refractivity contribution in [2.45, 2.75) is 45.8 Å². The van der Waals surface area contributed by atoms with Gasteiger partial charge in [-0.3, -0.25) is 0 Å². The number of ether oxygens (including phenoxy) is 1. The molecule has 1 fully saturated rings. The molecule has 170 valence electrons. The summed E-state index contributed by atoms with van der Waals surface area (Å²) in [5.41, 5.74) is 1.08. The largest absolute Gasteiger partial charge is 0.493 e. The number of benzene rings is 1. The maximum Gasteiger partial charge on any atom is 0.318 e. The topological polar surface area (TPSA) is 75.5 Å². The average Bonchev–Trinajstić information content (AvgIpc) is 3.14. The average molecular weight is 433 g/mol. The van der Waals surface area contributed by atoms with Crippen LogP contribution in [-0.2, 0) is 20.1 Å². The number of amides is 2. The number of likely N-dealkylation sites (tertiary alicyclic amines) is 1. The van der Waals surface area contributed by atoms with Crippen molar-refractivity contribution in [2.75, 3.05) is 26.7 Å². The molecule has 2 amide bonds. The highest BCUT2D eigenvalue weighted by Gasteiger charge is 2.23. The summed E-state index contributed by atoms with van der Waals surface area (Å²) in [7, 11) is 3.80. The Bertz CT molecular complexity index is 863. The lowest BCUT2D eigenvalue weighted by Crippen LogP contribution is -2.48. The lowest BCUT2D eigenvalue weighted by atomic mass is 10.1. The molecule has 9 heteroatoms. The van der Waals surface area contributed by atoms with Gasteiger partial charge in [-0.05, 0) is 45.0 Å². The molecule has 3 rings (SSSR count). The summed E-state index contributed by atoms with van der Waals surface area (Å²) in [4.78, 5) is 18.3. The third kappa shape index (κ3) is 6.92. The van der Waals surface area contributed by atoms with E-state index in [1.54, 1.807) is 30.3 Å². The number of carbonyl (C=O) groups excluding carboxylic acids is 1. The first-order chi connectivity index (χ1) is 14.8. The third-order valence-corrected chi connectivity index (χ3v) is 5.30. The number of hydrogen-bond donors (Lipinski definition) is 1. The van der Waals surface area contributed by atoms with Crippen LogP contribution in [0.4, 0.5) is 9.18 Å². The van der Waals surface area contributed by atoms with Crippen LogP contribution in [-0.4, -0.2) is 63.6 Å². The zero-order valence-electron chi connectivity index (χ0n) is 18.8. The molecule has 0 radical (unpaired) electrons. The zero-order chi connectivity index (χ0) is 22.4. The molecule has 1 N–H and O–H groups in total. The minimum absolute atomic E-state index is 0.115. The lowest BCUT2D eigenvalue weighted by molar-refractivity contribution is 0.175. The Morgan fingerprint density at radius 1 is 1.29 bits per heavy atom. The predicted octanol–water partition coefficient (Wildman–Crippen LogP) is 2.80. The minimum atomic E-state index is -0.391. The van der Waals surface area contributed by atoms with Crippen LogP contribution in [0.25, 0.3) is 0 Å². The first kappa shape index (κ1) is 23.0. The second-order valence-electron chi connectivity index (χ2n) is 8.67.